The van der Waals surface area contributed by atoms with Crippen molar-refractivity contribution in [2.45, 2.75) is 259 Å². The van der Waals surface area contributed by atoms with E-state index in [9.17, 15) is 19.2 Å². The van der Waals surface area contributed by atoms with E-state index in [0.717, 1.165) is 103 Å². The molecule has 0 aromatic rings. The summed E-state index contributed by atoms with van der Waals surface area (Å²) in [5.41, 5.74) is 0. The van der Waals surface area contributed by atoms with Gasteiger partial charge in [-0.2, -0.15) is 0 Å². The van der Waals surface area contributed by atoms with E-state index in [4.69, 9.17) is 18.9 Å². The Balaban J connectivity index is 2.41. The van der Waals surface area contributed by atoms with Crippen LogP contribution in [0.25, 0.3) is 0 Å². The Morgan fingerprint density at radius 3 is 1.25 bits per heavy atom. The molecule has 1 saturated heterocycles. The Kier molecular flexibility index (Phi) is 39.0. The summed E-state index contributed by atoms with van der Waals surface area (Å²) in [4.78, 5) is 53.9. The fraction of sp³-hybridized carbons (Fsp3) is 0.923. The van der Waals surface area contributed by atoms with Gasteiger partial charge in [0, 0.05) is 19.4 Å². The zero-order valence-corrected chi connectivity index (χ0v) is 40.4. The molecule has 1 fully saturated rings. The van der Waals surface area contributed by atoms with Crippen LogP contribution >= 0.6 is 0 Å². The maximum absolute atomic E-state index is 13.0. The summed E-state index contributed by atoms with van der Waals surface area (Å²) in [7, 11) is 0. The molecule has 1 aliphatic rings. The number of esters is 4. The van der Waals surface area contributed by atoms with Gasteiger partial charge in [0.2, 0.25) is 0 Å². The van der Waals surface area contributed by atoms with Crippen molar-refractivity contribution in [1.82, 2.24) is 4.90 Å². The van der Waals surface area contributed by atoms with Crippen LogP contribution in [0.5, 0.6) is 0 Å². The van der Waals surface area contributed by atoms with Crippen molar-refractivity contribution >= 4 is 23.9 Å². The summed E-state index contributed by atoms with van der Waals surface area (Å²) >= 11 is 0. The predicted octanol–water partition coefficient (Wildman–Crippen LogP) is 13.8. The molecule has 9 heteroatoms. The van der Waals surface area contributed by atoms with Crippen LogP contribution < -0.4 is 0 Å². The van der Waals surface area contributed by atoms with Crippen LogP contribution in [0.3, 0.4) is 0 Å². The van der Waals surface area contributed by atoms with Crippen molar-refractivity contribution < 1.29 is 38.1 Å². The van der Waals surface area contributed by atoms with E-state index in [2.05, 4.69) is 32.6 Å². The van der Waals surface area contributed by atoms with Crippen molar-refractivity contribution in [2.75, 3.05) is 39.5 Å². The molecule has 1 heterocycles. The Hall–Kier alpha value is -2.16. The summed E-state index contributed by atoms with van der Waals surface area (Å²) in [6.45, 7) is 12.2. The van der Waals surface area contributed by atoms with Crippen LogP contribution in [0, 0.1) is 11.8 Å². The minimum Gasteiger partial charge on any atom is -0.465 e. The molecule has 1 aliphatic heterocycles. The average molecular weight is 864 g/mol. The molecule has 358 valence electrons. The highest BCUT2D eigenvalue weighted by Gasteiger charge is 2.23. The number of nitrogens with zero attached hydrogens (tertiary/aromatic N) is 1. The van der Waals surface area contributed by atoms with Gasteiger partial charge < -0.3 is 18.9 Å². The highest BCUT2D eigenvalue weighted by atomic mass is 16.6. The number of hydrogen-bond acceptors (Lipinski definition) is 9. The second-order valence-electron chi connectivity index (χ2n) is 18.3. The second-order valence-corrected chi connectivity index (χ2v) is 18.3. The van der Waals surface area contributed by atoms with Gasteiger partial charge in [-0.3, -0.25) is 24.1 Å². The lowest BCUT2D eigenvalue weighted by Gasteiger charge is -2.30. The van der Waals surface area contributed by atoms with Gasteiger partial charge in [0.1, 0.15) is 12.7 Å². The molecule has 3 atom stereocenters. The largest absolute Gasteiger partial charge is 0.465 e. The molecule has 0 bridgehead atoms. The first-order valence-electron chi connectivity index (χ1n) is 26.2. The minimum atomic E-state index is -0.498. The van der Waals surface area contributed by atoms with E-state index < -0.39 is 6.10 Å². The Morgan fingerprint density at radius 2 is 0.803 bits per heavy atom. The number of ether oxygens (including phenoxy) is 4. The summed E-state index contributed by atoms with van der Waals surface area (Å²) in [6, 6.07) is 0. The Bertz CT molecular complexity index is 1050. The molecule has 9 nitrogen and oxygen atoms in total. The third kappa shape index (κ3) is 34.0. The first-order valence-corrected chi connectivity index (χ1v) is 26.2. The maximum atomic E-state index is 13.0. The quantitative estimate of drug-likeness (QED) is 0.0336. The second kappa shape index (κ2) is 41.8. The van der Waals surface area contributed by atoms with E-state index in [1.165, 1.54) is 109 Å². The smallest absolute Gasteiger partial charge is 0.308 e. The van der Waals surface area contributed by atoms with Crippen LogP contribution in [-0.4, -0.2) is 74.3 Å². The molecule has 0 saturated carbocycles. The van der Waals surface area contributed by atoms with Gasteiger partial charge in [-0.1, -0.05) is 163 Å². The highest BCUT2D eigenvalue weighted by Crippen LogP contribution is 2.23. The number of likely N-dealkylation sites (tertiary alicyclic amines) is 1. The first-order chi connectivity index (χ1) is 29.8. The van der Waals surface area contributed by atoms with E-state index in [1.54, 1.807) is 0 Å². The minimum absolute atomic E-state index is 0.00251. The molecular formula is C52H97NO8. The van der Waals surface area contributed by atoms with E-state index >= 15 is 0 Å². The third-order valence-electron chi connectivity index (χ3n) is 12.5. The number of carbonyl (C=O) groups is 4. The first kappa shape index (κ1) is 56.9. The molecule has 61 heavy (non-hydrogen) atoms. The Morgan fingerprint density at radius 1 is 0.426 bits per heavy atom. The van der Waals surface area contributed by atoms with Crippen LogP contribution in [0.1, 0.15) is 252 Å². The van der Waals surface area contributed by atoms with Crippen molar-refractivity contribution in [3.63, 3.8) is 0 Å². The van der Waals surface area contributed by atoms with Gasteiger partial charge in [-0.25, -0.2) is 0 Å². The molecule has 0 amide bonds. The zero-order valence-electron chi connectivity index (χ0n) is 40.4. The fourth-order valence-electron chi connectivity index (χ4n) is 8.47. The van der Waals surface area contributed by atoms with Crippen molar-refractivity contribution in [3.05, 3.63) is 0 Å². The molecular weight excluding hydrogens is 767 g/mol. The lowest BCUT2D eigenvalue weighted by atomic mass is 9.94. The standard InChI is InChI=1S/C52H97NO8/c1-5-9-13-17-19-26-36-46(34-24-15-11-7-3)51(56)58-42-32-21-28-38-49(54)60-45-48(44-53-40-30-23-31-41-53)61-50(55)39-29-22-33-43-59-52(57)47(35-25-16-12-8-4)37-27-20-18-14-10-6-2/h46-48H,5-45H2,1-4H3. The maximum Gasteiger partial charge on any atom is 0.308 e. The van der Waals surface area contributed by atoms with Crippen molar-refractivity contribution in [1.29, 1.82) is 0 Å². The summed E-state index contributed by atoms with van der Waals surface area (Å²) in [5.74, 6) is -0.643. The van der Waals surface area contributed by atoms with Crippen LogP contribution in [0.2, 0.25) is 0 Å². The number of carbonyl (C=O) groups excluding carboxylic acids is 4. The van der Waals surface area contributed by atoms with Gasteiger partial charge in [0.25, 0.3) is 0 Å². The summed E-state index contributed by atoms with van der Waals surface area (Å²) in [5, 5.41) is 0. The predicted molar refractivity (Wildman–Crippen MR) is 250 cm³/mol. The molecule has 0 spiro atoms. The van der Waals surface area contributed by atoms with E-state index in [1.807, 2.05) is 0 Å². The SMILES string of the molecule is CCCCCCCCC(CCCCCC)C(=O)OCCCCCC(=O)OCC(CN1CCCCC1)OC(=O)CCCCCOC(=O)C(CCCCCC)CCCCCCCC. The summed E-state index contributed by atoms with van der Waals surface area (Å²) < 4.78 is 23.0. The van der Waals surface area contributed by atoms with E-state index in [0.29, 0.717) is 45.4 Å². The van der Waals surface area contributed by atoms with Gasteiger partial charge in [-0.05, 0) is 90.1 Å². The van der Waals surface area contributed by atoms with E-state index in [-0.39, 0.29) is 42.3 Å². The molecule has 0 aromatic carbocycles. The van der Waals surface area contributed by atoms with Crippen LogP contribution in [0.4, 0.5) is 0 Å². The van der Waals surface area contributed by atoms with Gasteiger partial charge >= 0.3 is 23.9 Å². The molecule has 3 unspecified atom stereocenters. The van der Waals surface area contributed by atoms with Crippen LogP contribution in [0.15, 0.2) is 0 Å². The molecule has 0 N–H and O–H groups in total. The molecule has 0 aromatic heterocycles. The number of hydrogen-bond donors (Lipinski definition) is 0. The lowest BCUT2D eigenvalue weighted by molar-refractivity contribution is -0.160. The highest BCUT2D eigenvalue weighted by molar-refractivity contribution is 5.73. The number of unbranched alkanes of at least 4 members (excludes halogenated alkanes) is 20. The van der Waals surface area contributed by atoms with Gasteiger partial charge in [0.05, 0.1) is 25.0 Å². The molecule has 0 aliphatic carbocycles. The van der Waals surface area contributed by atoms with Crippen LogP contribution in [-0.2, 0) is 38.1 Å². The Labute approximate surface area is 375 Å². The van der Waals surface area contributed by atoms with Gasteiger partial charge in [0.15, 0.2) is 0 Å². The molecule has 1 rings (SSSR count). The van der Waals surface area contributed by atoms with Crippen molar-refractivity contribution in [3.8, 4) is 0 Å². The van der Waals surface area contributed by atoms with Gasteiger partial charge in [-0.15, -0.1) is 0 Å². The third-order valence-corrected chi connectivity index (χ3v) is 12.5. The average Bonchev–Trinajstić information content (AvgIpc) is 3.26. The zero-order chi connectivity index (χ0) is 44.4. The fourth-order valence-corrected chi connectivity index (χ4v) is 8.47. The summed E-state index contributed by atoms with van der Waals surface area (Å²) in [6.07, 6.45) is 35.6. The normalized spacial score (nSPS) is 14.6. The monoisotopic (exact) mass is 864 g/mol. The number of piperidine rings is 1. The lowest BCUT2D eigenvalue weighted by Crippen LogP contribution is -2.40. The van der Waals surface area contributed by atoms with Crippen molar-refractivity contribution in [2.24, 2.45) is 11.8 Å². The topological polar surface area (TPSA) is 108 Å². The molecule has 0 radical (unpaired) electrons. The number of rotatable bonds is 43.